The monoisotopic (exact) mass is 386 g/mol. The fraction of sp³-hybridized carbons (Fsp3) is 0.118. The lowest BCUT2D eigenvalue weighted by Gasteiger charge is -2.15. The van der Waals surface area contributed by atoms with Crippen molar-refractivity contribution in [1.82, 2.24) is 4.98 Å². The van der Waals surface area contributed by atoms with Gasteiger partial charge >= 0.3 is 0 Å². The maximum Gasteiger partial charge on any atom is 0.242 e. The highest BCUT2D eigenvalue weighted by atomic mass is 32.1. The van der Waals surface area contributed by atoms with Crippen LogP contribution in [0.15, 0.2) is 30.5 Å². The Morgan fingerprint density at radius 1 is 1.15 bits per heavy atom. The molecule has 3 aromatic rings. The van der Waals surface area contributed by atoms with Gasteiger partial charge in [0, 0.05) is 29.1 Å². The molecule has 0 aliphatic carbocycles. The largest absolute Gasteiger partial charge is 0.454 e. The highest BCUT2D eigenvalue weighted by Gasteiger charge is 2.25. The van der Waals surface area contributed by atoms with Crippen LogP contribution in [0.2, 0.25) is 0 Å². The van der Waals surface area contributed by atoms with Gasteiger partial charge in [-0.25, -0.2) is 17.6 Å². The topological polar surface area (TPSA) is 51.0 Å². The molecule has 3 N–H and O–H groups in total. The molecule has 0 spiro atoms. The standard InChI is InChI=1S/C17H11F5N2OS/c18-11-2-1-7(5-10(11)17(23)26)25-16-9(6-12(19)20)8-3-4-24-15(8)13(21)14(16)22/h1-5,12,24H,6H2,(H2,23,26). The lowest BCUT2D eigenvalue weighted by molar-refractivity contribution is 0.148. The Kier molecular flexibility index (Phi) is 4.82. The second-order valence-corrected chi connectivity index (χ2v) is 5.84. The third kappa shape index (κ3) is 3.22. The highest BCUT2D eigenvalue weighted by Crippen LogP contribution is 2.38. The first-order valence-corrected chi connectivity index (χ1v) is 7.72. The number of nitrogens with two attached hydrogens (primary N) is 1. The van der Waals surface area contributed by atoms with Gasteiger partial charge in [-0.1, -0.05) is 12.2 Å². The van der Waals surface area contributed by atoms with Crippen molar-refractivity contribution >= 4 is 28.1 Å². The highest BCUT2D eigenvalue weighted by molar-refractivity contribution is 7.80. The number of fused-ring (bicyclic) bond motifs is 1. The van der Waals surface area contributed by atoms with Crippen LogP contribution < -0.4 is 10.5 Å². The number of nitrogens with one attached hydrogen (secondary N) is 1. The first-order chi connectivity index (χ1) is 12.3. The molecule has 1 aromatic heterocycles. The van der Waals surface area contributed by atoms with Gasteiger partial charge in [-0.15, -0.1) is 0 Å². The minimum absolute atomic E-state index is 0.0656. The Labute approximate surface area is 149 Å². The molecule has 2 aromatic carbocycles. The molecule has 136 valence electrons. The van der Waals surface area contributed by atoms with E-state index in [0.29, 0.717) is 0 Å². The molecular formula is C17H11F5N2OS. The van der Waals surface area contributed by atoms with Crippen molar-refractivity contribution in [3.8, 4) is 11.5 Å². The molecule has 0 saturated carbocycles. The van der Waals surface area contributed by atoms with Crippen molar-refractivity contribution in [3.05, 3.63) is 59.0 Å². The predicted molar refractivity (Wildman–Crippen MR) is 90.3 cm³/mol. The van der Waals surface area contributed by atoms with Gasteiger partial charge in [-0.05, 0) is 24.3 Å². The van der Waals surface area contributed by atoms with Gasteiger partial charge in [0.2, 0.25) is 12.2 Å². The fourth-order valence-corrected chi connectivity index (χ4v) is 2.76. The number of thiocarbonyl (C=S) groups is 1. The number of hydrogen-bond acceptors (Lipinski definition) is 2. The van der Waals surface area contributed by atoms with Crippen LogP contribution in [-0.2, 0) is 6.42 Å². The minimum Gasteiger partial charge on any atom is -0.454 e. The van der Waals surface area contributed by atoms with Gasteiger partial charge in [0.1, 0.15) is 16.6 Å². The lowest BCUT2D eigenvalue weighted by atomic mass is 10.0. The van der Waals surface area contributed by atoms with E-state index in [2.05, 4.69) is 4.98 Å². The summed E-state index contributed by atoms with van der Waals surface area (Å²) in [7, 11) is 0. The maximum atomic E-state index is 14.5. The summed E-state index contributed by atoms with van der Waals surface area (Å²) in [5, 5.41) is 0.0656. The van der Waals surface area contributed by atoms with Crippen LogP contribution >= 0.6 is 12.2 Å². The average molecular weight is 386 g/mol. The maximum absolute atomic E-state index is 14.5. The zero-order chi connectivity index (χ0) is 19.0. The first-order valence-electron chi connectivity index (χ1n) is 7.31. The summed E-state index contributed by atoms with van der Waals surface area (Å²) in [5.74, 6) is -4.26. The van der Waals surface area contributed by atoms with E-state index in [-0.39, 0.29) is 32.8 Å². The van der Waals surface area contributed by atoms with Crippen molar-refractivity contribution in [3.63, 3.8) is 0 Å². The van der Waals surface area contributed by atoms with E-state index < -0.39 is 36.0 Å². The number of rotatable bonds is 5. The van der Waals surface area contributed by atoms with E-state index in [0.717, 1.165) is 18.2 Å². The van der Waals surface area contributed by atoms with Crippen molar-refractivity contribution in [2.45, 2.75) is 12.8 Å². The number of alkyl halides is 2. The Morgan fingerprint density at radius 3 is 2.54 bits per heavy atom. The average Bonchev–Trinajstić information content (AvgIpc) is 3.06. The van der Waals surface area contributed by atoms with E-state index in [1.54, 1.807) is 0 Å². The van der Waals surface area contributed by atoms with Crippen molar-refractivity contribution in [2.24, 2.45) is 5.73 Å². The number of H-pyrrole nitrogens is 1. The van der Waals surface area contributed by atoms with Crippen LogP contribution in [0.4, 0.5) is 22.0 Å². The van der Waals surface area contributed by atoms with E-state index in [9.17, 15) is 22.0 Å². The van der Waals surface area contributed by atoms with Gasteiger partial charge in [0.15, 0.2) is 11.6 Å². The number of hydrogen-bond donors (Lipinski definition) is 2. The summed E-state index contributed by atoms with van der Waals surface area (Å²) < 4.78 is 73.6. The van der Waals surface area contributed by atoms with Gasteiger partial charge in [0.25, 0.3) is 0 Å². The van der Waals surface area contributed by atoms with Crippen LogP contribution in [0.3, 0.4) is 0 Å². The van der Waals surface area contributed by atoms with Gasteiger partial charge in [-0.3, -0.25) is 0 Å². The third-order valence-corrected chi connectivity index (χ3v) is 3.96. The Bertz CT molecular complexity index is 1000. The van der Waals surface area contributed by atoms with Crippen LogP contribution in [-0.4, -0.2) is 16.4 Å². The van der Waals surface area contributed by atoms with E-state index in [4.69, 9.17) is 22.7 Å². The Hall–Kier alpha value is -2.68. The molecule has 26 heavy (non-hydrogen) atoms. The van der Waals surface area contributed by atoms with Crippen molar-refractivity contribution in [2.75, 3.05) is 0 Å². The Morgan fingerprint density at radius 2 is 1.88 bits per heavy atom. The summed E-state index contributed by atoms with van der Waals surface area (Å²) in [6.45, 7) is 0. The van der Waals surface area contributed by atoms with Crippen LogP contribution in [0, 0.1) is 17.5 Å². The normalized spacial score (nSPS) is 11.3. The molecule has 0 aliphatic heterocycles. The van der Waals surface area contributed by atoms with E-state index >= 15 is 0 Å². The van der Waals surface area contributed by atoms with Gasteiger partial charge < -0.3 is 15.5 Å². The molecule has 0 saturated heterocycles. The number of aromatic amines is 1. The van der Waals surface area contributed by atoms with Crippen LogP contribution in [0.1, 0.15) is 11.1 Å². The van der Waals surface area contributed by atoms with Crippen LogP contribution in [0.25, 0.3) is 10.9 Å². The zero-order valence-electron chi connectivity index (χ0n) is 13.0. The van der Waals surface area contributed by atoms with Crippen molar-refractivity contribution < 1.29 is 26.7 Å². The molecule has 0 amide bonds. The summed E-state index contributed by atoms with van der Waals surface area (Å²) in [6, 6.07) is 4.53. The molecular weight excluding hydrogens is 375 g/mol. The number of ether oxygens (including phenoxy) is 1. The summed E-state index contributed by atoms with van der Waals surface area (Å²) in [5.41, 5.74) is 4.76. The van der Waals surface area contributed by atoms with E-state index in [1.165, 1.54) is 12.3 Å². The molecule has 1 heterocycles. The smallest absolute Gasteiger partial charge is 0.242 e. The molecule has 3 rings (SSSR count). The number of benzene rings is 2. The molecule has 0 radical (unpaired) electrons. The molecule has 0 fully saturated rings. The molecule has 0 aliphatic rings. The van der Waals surface area contributed by atoms with Gasteiger partial charge in [0.05, 0.1) is 5.52 Å². The number of halogens is 5. The summed E-state index contributed by atoms with van der Waals surface area (Å²) >= 11 is 4.70. The quantitative estimate of drug-likeness (QED) is 0.488. The predicted octanol–water partition coefficient (Wildman–Crippen LogP) is 4.82. The molecule has 0 unspecified atom stereocenters. The van der Waals surface area contributed by atoms with E-state index in [1.807, 2.05) is 0 Å². The number of aromatic nitrogens is 1. The second kappa shape index (κ2) is 6.91. The van der Waals surface area contributed by atoms with Crippen LogP contribution in [0.5, 0.6) is 11.5 Å². The summed E-state index contributed by atoms with van der Waals surface area (Å²) in [6.07, 6.45) is -2.38. The molecule has 9 heteroatoms. The minimum atomic E-state index is -2.82. The molecule has 3 nitrogen and oxygen atoms in total. The summed E-state index contributed by atoms with van der Waals surface area (Å²) in [4.78, 5) is 2.20. The fourth-order valence-electron chi connectivity index (χ4n) is 2.60. The van der Waals surface area contributed by atoms with Gasteiger partial charge in [-0.2, -0.15) is 4.39 Å². The first kappa shape index (κ1) is 18.1. The SMILES string of the molecule is NC(=S)c1cc(Oc2c(F)c(F)c3[nH]ccc3c2CC(F)F)ccc1F. The zero-order valence-corrected chi connectivity index (χ0v) is 13.8. The third-order valence-electron chi connectivity index (χ3n) is 3.74. The molecule has 0 atom stereocenters. The second-order valence-electron chi connectivity index (χ2n) is 5.41. The lowest BCUT2D eigenvalue weighted by Crippen LogP contribution is -2.12. The van der Waals surface area contributed by atoms with Crippen molar-refractivity contribution in [1.29, 1.82) is 0 Å². The molecule has 0 bridgehead atoms. The Balaban J connectivity index is 2.16.